The molecule has 0 saturated carbocycles. The summed E-state index contributed by atoms with van der Waals surface area (Å²) in [7, 11) is 0. The van der Waals surface area contributed by atoms with E-state index >= 15 is 0 Å². The number of benzene rings is 2. The summed E-state index contributed by atoms with van der Waals surface area (Å²) >= 11 is 1.54. The van der Waals surface area contributed by atoms with E-state index in [0.29, 0.717) is 5.69 Å². The van der Waals surface area contributed by atoms with Gasteiger partial charge < -0.3 is 10.1 Å². The molecule has 0 radical (unpaired) electrons. The van der Waals surface area contributed by atoms with E-state index in [0.717, 1.165) is 10.5 Å². The molecule has 2 rings (SSSR count). The molecule has 24 heavy (non-hydrogen) atoms. The number of esters is 1. The van der Waals surface area contributed by atoms with E-state index in [2.05, 4.69) is 5.32 Å². The SMILES string of the molecule is CSc1ccccc1NC(=O)COC(=O)C(C)(C)c1ccccc1. The molecule has 0 aliphatic rings. The minimum Gasteiger partial charge on any atom is -0.455 e. The smallest absolute Gasteiger partial charge is 0.316 e. The van der Waals surface area contributed by atoms with Crippen molar-refractivity contribution in [1.82, 2.24) is 0 Å². The average molecular weight is 343 g/mol. The van der Waals surface area contributed by atoms with Crippen LogP contribution in [0.3, 0.4) is 0 Å². The maximum absolute atomic E-state index is 12.3. The highest BCUT2D eigenvalue weighted by Gasteiger charge is 2.31. The van der Waals surface area contributed by atoms with E-state index in [1.165, 1.54) is 0 Å². The van der Waals surface area contributed by atoms with Crippen LogP contribution >= 0.6 is 11.8 Å². The summed E-state index contributed by atoms with van der Waals surface area (Å²) < 4.78 is 5.21. The number of para-hydroxylation sites is 1. The van der Waals surface area contributed by atoms with Gasteiger partial charge in [0.2, 0.25) is 0 Å². The molecular weight excluding hydrogens is 322 g/mol. The highest BCUT2D eigenvalue weighted by Crippen LogP contribution is 2.25. The zero-order chi connectivity index (χ0) is 17.6. The molecule has 0 aliphatic carbocycles. The summed E-state index contributed by atoms with van der Waals surface area (Å²) in [5.74, 6) is -0.782. The van der Waals surface area contributed by atoms with Crippen molar-refractivity contribution in [3.05, 3.63) is 60.2 Å². The molecule has 0 unspecified atom stereocenters. The van der Waals surface area contributed by atoms with Gasteiger partial charge in [-0.25, -0.2) is 0 Å². The number of rotatable bonds is 6. The normalized spacial score (nSPS) is 11.0. The lowest BCUT2D eigenvalue weighted by molar-refractivity contribution is -0.152. The summed E-state index contributed by atoms with van der Waals surface area (Å²) in [6.07, 6.45) is 1.94. The Balaban J connectivity index is 1.95. The number of thioether (sulfide) groups is 1. The van der Waals surface area contributed by atoms with Gasteiger partial charge in [0, 0.05) is 4.90 Å². The number of ether oxygens (including phenoxy) is 1. The molecule has 0 heterocycles. The first kappa shape index (κ1) is 18.1. The lowest BCUT2D eigenvalue weighted by atomic mass is 9.85. The van der Waals surface area contributed by atoms with E-state index in [9.17, 15) is 9.59 Å². The summed E-state index contributed by atoms with van der Waals surface area (Å²) in [4.78, 5) is 25.3. The Kier molecular flexibility index (Phi) is 6.04. The molecule has 4 nitrogen and oxygen atoms in total. The largest absolute Gasteiger partial charge is 0.455 e. The van der Waals surface area contributed by atoms with E-state index in [1.807, 2.05) is 60.9 Å². The van der Waals surface area contributed by atoms with Crippen molar-refractivity contribution in [3.8, 4) is 0 Å². The quantitative estimate of drug-likeness (QED) is 0.639. The molecule has 1 N–H and O–H groups in total. The van der Waals surface area contributed by atoms with Crippen LogP contribution in [0.5, 0.6) is 0 Å². The lowest BCUT2D eigenvalue weighted by Crippen LogP contribution is -2.33. The molecule has 126 valence electrons. The third-order valence-corrected chi connectivity index (χ3v) is 4.52. The molecule has 2 aromatic carbocycles. The van der Waals surface area contributed by atoms with Crippen LogP contribution in [0.15, 0.2) is 59.5 Å². The van der Waals surface area contributed by atoms with Crippen LogP contribution < -0.4 is 5.32 Å². The third-order valence-electron chi connectivity index (χ3n) is 3.72. The molecule has 0 atom stereocenters. The molecule has 0 fully saturated rings. The van der Waals surface area contributed by atoms with Gasteiger partial charge in [-0.3, -0.25) is 9.59 Å². The Bertz CT molecular complexity index is 714. The van der Waals surface area contributed by atoms with Crippen LogP contribution in [0.25, 0.3) is 0 Å². The molecule has 0 bridgehead atoms. The molecule has 0 aliphatic heterocycles. The second-order valence-electron chi connectivity index (χ2n) is 5.82. The van der Waals surface area contributed by atoms with Crippen molar-refractivity contribution >= 4 is 29.3 Å². The Morgan fingerprint density at radius 1 is 1.04 bits per heavy atom. The maximum atomic E-state index is 12.3. The second kappa shape index (κ2) is 8.02. The first-order valence-electron chi connectivity index (χ1n) is 7.61. The van der Waals surface area contributed by atoms with E-state index < -0.39 is 11.4 Å². The van der Waals surface area contributed by atoms with Gasteiger partial charge in [-0.15, -0.1) is 11.8 Å². The molecule has 5 heteroatoms. The topological polar surface area (TPSA) is 55.4 Å². The summed E-state index contributed by atoms with van der Waals surface area (Å²) in [5.41, 5.74) is 0.759. The fourth-order valence-electron chi connectivity index (χ4n) is 2.22. The van der Waals surface area contributed by atoms with Crippen molar-refractivity contribution in [2.45, 2.75) is 24.2 Å². The molecular formula is C19H21NO3S. The van der Waals surface area contributed by atoms with Gasteiger partial charge in [-0.05, 0) is 37.8 Å². The van der Waals surface area contributed by atoms with Crippen molar-refractivity contribution in [2.75, 3.05) is 18.2 Å². The fourth-order valence-corrected chi connectivity index (χ4v) is 2.77. The minimum atomic E-state index is -0.807. The number of carbonyl (C=O) groups is 2. The number of hydrogen-bond donors (Lipinski definition) is 1. The fraction of sp³-hybridized carbons (Fsp3) is 0.263. The van der Waals surface area contributed by atoms with Gasteiger partial charge >= 0.3 is 5.97 Å². The molecule has 1 amide bonds. The van der Waals surface area contributed by atoms with Gasteiger partial charge in [-0.2, -0.15) is 0 Å². The van der Waals surface area contributed by atoms with Gasteiger partial charge in [0.05, 0.1) is 11.1 Å². The highest BCUT2D eigenvalue weighted by atomic mass is 32.2. The van der Waals surface area contributed by atoms with Crippen molar-refractivity contribution in [2.24, 2.45) is 0 Å². The van der Waals surface area contributed by atoms with E-state index in [4.69, 9.17) is 4.74 Å². The van der Waals surface area contributed by atoms with Crippen molar-refractivity contribution in [1.29, 1.82) is 0 Å². The first-order valence-corrected chi connectivity index (χ1v) is 8.83. The summed E-state index contributed by atoms with van der Waals surface area (Å²) in [5, 5.41) is 2.77. The standard InChI is InChI=1S/C19H21NO3S/c1-19(2,14-9-5-4-6-10-14)18(22)23-13-17(21)20-15-11-7-8-12-16(15)24-3/h4-12H,13H2,1-3H3,(H,20,21). The maximum Gasteiger partial charge on any atom is 0.316 e. The molecule has 0 saturated heterocycles. The zero-order valence-electron chi connectivity index (χ0n) is 14.0. The van der Waals surface area contributed by atoms with E-state index in [1.54, 1.807) is 25.6 Å². The summed E-state index contributed by atoms with van der Waals surface area (Å²) in [6.45, 7) is 3.26. The third kappa shape index (κ3) is 4.38. The lowest BCUT2D eigenvalue weighted by Gasteiger charge is -2.22. The van der Waals surface area contributed by atoms with Crippen LogP contribution in [0.2, 0.25) is 0 Å². The van der Waals surface area contributed by atoms with Crippen LogP contribution in [0.4, 0.5) is 5.69 Å². The predicted octanol–water partition coefficient (Wildman–Crippen LogP) is 3.87. The molecule has 2 aromatic rings. The Morgan fingerprint density at radius 3 is 2.33 bits per heavy atom. The monoisotopic (exact) mass is 343 g/mol. The average Bonchev–Trinajstić information content (AvgIpc) is 2.60. The number of amides is 1. The Hall–Kier alpha value is -2.27. The van der Waals surface area contributed by atoms with E-state index in [-0.39, 0.29) is 12.5 Å². The van der Waals surface area contributed by atoms with Crippen LogP contribution in [-0.4, -0.2) is 24.7 Å². The van der Waals surface area contributed by atoms with Crippen LogP contribution in [-0.2, 0) is 19.7 Å². The van der Waals surface area contributed by atoms with Crippen molar-refractivity contribution < 1.29 is 14.3 Å². The number of hydrogen-bond acceptors (Lipinski definition) is 4. The van der Waals surface area contributed by atoms with Gasteiger partial charge in [0.25, 0.3) is 5.91 Å². The summed E-state index contributed by atoms with van der Waals surface area (Å²) in [6, 6.07) is 16.9. The van der Waals surface area contributed by atoms with Crippen LogP contribution in [0, 0.1) is 0 Å². The number of anilines is 1. The van der Waals surface area contributed by atoms with Gasteiger partial charge in [0.15, 0.2) is 6.61 Å². The van der Waals surface area contributed by atoms with Crippen molar-refractivity contribution in [3.63, 3.8) is 0 Å². The number of nitrogens with one attached hydrogen (secondary N) is 1. The number of carbonyl (C=O) groups excluding carboxylic acids is 2. The zero-order valence-corrected chi connectivity index (χ0v) is 14.9. The Morgan fingerprint density at radius 2 is 1.67 bits per heavy atom. The second-order valence-corrected chi connectivity index (χ2v) is 6.66. The van der Waals surface area contributed by atoms with Crippen LogP contribution in [0.1, 0.15) is 19.4 Å². The molecule has 0 aromatic heterocycles. The van der Waals surface area contributed by atoms with Gasteiger partial charge in [0.1, 0.15) is 0 Å². The highest BCUT2D eigenvalue weighted by molar-refractivity contribution is 7.98. The minimum absolute atomic E-state index is 0.308. The predicted molar refractivity (Wildman–Crippen MR) is 97.3 cm³/mol. The molecule has 0 spiro atoms. The first-order chi connectivity index (χ1) is 11.4. The van der Waals surface area contributed by atoms with Gasteiger partial charge in [-0.1, -0.05) is 42.5 Å². The Labute approximate surface area is 146 Å².